The normalized spacial score (nSPS) is 10.3. The third-order valence-electron chi connectivity index (χ3n) is 3.18. The summed E-state index contributed by atoms with van der Waals surface area (Å²) in [5, 5.41) is 3.50. The number of carbonyl (C=O) groups excluding carboxylic acids is 1. The highest BCUT2D eigenvalue weighted by atomic mass is 35.5. The molecule has 2 nitrogen and oxygen atoms in total. The van der Waals surface area contributed by atoms with Crippen molar-refractivity contribution in [2.24, 2.45) is 0 Å². The van der Waals surface area contributed by atoms with E-state index < -0.39 is 0 Å². The summed E-state index contributed by atoms with van der Waals surface area (Å²) in [7, 11) is 0. The first-order valence-electron chi connectivity index (χ1n) is 6.67. The van der Waals surface area contributed by atoms with Gasteiger partial charge in [-0.3, -0.25) is 4.79 Å². The summed E-state index contributed by atoms with van der Waals surface area (Å²) in [6.07, 6.45) is 1.18. The van der Waals surface area contributed by atoms with Crippen molar-refractivity contribution >= 4 is 23.2 Å². The van der Waals surface area contributed by atoms with Gasteiger partial charge < -0.3 is 5.32 Å². The van der Waals surface area contributed by atoms with Crippen molar-refractivity contribution in [1.29, 1.82) is 0 Å². The van der Waals surface area contributed by atoms with Crippen LogP contribution >= 0.6 is 11.6 Å². The van der Waals surface area contributed by atoms with Gasteiger partial charge in [0.1, 0.15) is 0 Å². The minimum Gasteiger partial charge on any atom is -0.325 e. The molecule has 104 valence electrons. The number of nitrogens with one attached hydrogen (secondary N) is 1. The second-order valence-electron chi connectivity index (χ2n) is 4.97. The Kier molecular flexibility index (Phi) is 4.80. The molecule has 3 heteroatoms. The minimum atomic E-state index is -0.0114. The summed E-state index contributed by atoms with van der Waals surface area (Å²) in [5.74, 6) is -0.0114. The summed E-state index contributed by atoms with van der Waals surface area (Å²) in [5.41, 5.74) is 3.96. The first kappa shape index (κ1) is 14.6. The number of benzene rings is 2. The van der Waals surface area contributed by atoms with Crippen LogP contribution in [0.5, 0.6) is 0 Å². The van der Waals surface area contributed by atoms with Crippen molar-refractivity contribution < 1.29 is 4.79 Å². The predicted octanol–water partition coefficient (Wildman–Crippen LogP) is 4.53. The maximum Gasteiger partial charge on any atom is 0.224 e. The molecular formula is C17H18ClNO. The standard InChI is InChI=1S/C17H18ClNO/c1-12-10-13(2)17(15(18)11-12)19-16(20)9-8-14-6-4-3-5-7-14/h3-7,10-11H,8-9H2,1-2H3,(H,19,20). The number of anilines is 1. The van der Waals surface area contributed by atoms with Gasteiger partial charge in [0.05, 0.1) is 10.7 Å². The van der Waals surface area contributed by atoms with Crippen LogP contribution in [-0.2, 0) is 11.2 Å². The molecule has 0 saturated heterocycles. The van der Waals surface area contributed by atoms with Gasteiger partial charge >= 0.3 is 0 Å². The fourth-order valence-electron chi connectivity index (χ4n) is 2.18. The van der Waals surface area contributed by atoms with Crippen LogP contribution in [0, 0.1) is 13.8 Å². The van der Waals surface area contributed by atoms with Crippen LogP contribution in [0.15, 0.2) is 42.5 Å². The third kappa shape index (κ3) is 3.84. The monoisotopic (exact) mass is 287 g/mol. The summed E-state index contributed by atoms with van der Waals surface area (Å²) >= 11 is 6.18. The second kappa shape index (κ2) is 6.58. The fourth-order valence-corrected chi connectivity index (χ4v) is 2.55. The van der Waals surface area contributed by atoms with Crippen molar-refractivity contribution in [3.8, 4) is 0 Å². The molecule has 20 heavy (non-hydrogen) atoms. The van der Waals surface area contributed by atoms with E-state index in [-0.39, 0.29) is 5.91 Å². The van der Waals surface area contributed by atoms with E-state index in [4.69, 9.17) is 11.6 Å². The highest BCUT2D eigenvalue weighted by Crippen LogP contribution is 2.27. The van der Waals surface area contributed by atoms with Crippen molar-refractivity contribution in [3.05, 3.63) is 64.2 Å². The topological polar surface area (TPSA) is 29.1 Å². The molecule has 2 rings (SSSR count). The molecule has 0 aliphatic rings. The molecule has 0 aliphatic carbocycles. The van der Waals surface area contributed by atoms with Crippen molar-refractivity contribution in [1.82, 2.24) is 0 Å². The van der Waals surface area contributed by atoms with Crippen LogP contribution in [0.25, 0.3) is 0 Å². The smallest absolute Gasteiger partial charge is 0.224 e. The molecule has 1 N–H and O–H groups in total. The quantitative estimate of drug-likeness (QED) is 0.879. The van der Waals surface area contributed by atoms with Crippen LogP contribution in [-0.4, -0.2) is 5.91 Å². The lowest BCUT2D eigenvalue weighted by Crippen LogP contribution is -2.13. The van der Waals surface area contributed by atoms with Gasteiger partial charge in [-0.2, -0.15) is 0 Å². The molecule has 1 amide bonds. The van der Waals surface area contributed by atoms with E-state index in [9.17, 15) is 4.79 Å². The second-order valence-corrected chi connectivity index (χ2v) is 5.38. The summed E-state index contributed by atoms with van der Waals surface area (Å²) < 4.78 is 0. The highest BCUT2D eigenvalue weighted by molar-refractivity contribution is 6.34. The lowest BCUT2D eigenvalue weighted by atomic mass is 10.1. The van der Waals surface area contributed by atoms with Crippen LogP contribution in [0.2, 0.25) is 5.02 Å². The molecule has 0 aromatic heterocycles. The lowest BCUT2D eigenvalue weighted by Gasteiger charge is -2.11. The molecule has 0 spiro atoms. The lowest BCUT2D eigenvalue weighted by molar-refractivity contribution is -0.116. The largest absolute Gasteiger partial charge is 0.325 e. The van der Waals surface area contributed by atoms with E-state index >= 15 is 0 Å². The summed E-state index contributed by atoms with van der Waals surface area (Å²) in [4.78, 5) is 12.0. The van der Waals surface area contributed by atoms with E-state index in [2.05, 4.69) is 5.32 Å². The zero-order valence-corrected chi connectivity index (χ0v) is 12.5. The van der Waals surface area contributed by atoms with Gasteiger partial charge in [-0.15, -0.1) is 0 Å². The Morgan fingerprint density at radius 3 is 2.50 bits per heavy atom. The van der Waals surface area contributed by atoms with Crippen molar-refractivity contribution in [3.63, 3.8) is 0 Å². The Balaban J connectivity index is 1.98. The van der Waals surface area contributed by atoms with Crippen LogP contribution in [0.1, 0.15) is 23.1 Å². The first-order valence-corrected chi connectivity index (χ1v) is 7.04. The zero-order valence-electron chi connectivity index (χ0n) is 11.7. The summed E-state index contributed by atoms with van der Waals surface area (Å²) in [6.45, 7) is 3.94. The van der Waals surface area contributed by atoms with Gasteiger partial charge in [0.15, 0.2) is 0 Å². The molecule has 0 bridgehead atoms. The van der Waals surface area contributed by atoms with Gasteiger partial charge in [-0.05, 0) is 43.0 Å². The maximum absolute atomic E-state index is 12.0. The van der Waals surface area contributed by atoms with Crippen molar-refractivity contribution in [2.45, 2.75) is 26.7 Å². The Labute approximate surface area is 124 Å². The van der Waals surface area contributed by atoms with Gasteiger partial charge in [0.25, 0.3) is 0 Å². The molecular weight excluding hydrogens is 270 g/mol. The molecule has 0 unspecified atom stereocenters. The number of rotatable bonds is 4. The van der Waals surface area contributed by atoms with Crippen LogP contribution in [0.3, 0.4) is 0 Å². The predicted molar refractivity (Wildman–Crippen MR) is 84.3 cm³/mol. The molecule has 0 heterocycles. The molecule has 0 aliphatic heterocycles. The van der Waals surface area contributed by atoms with Gasteiger partial charge in [0.2, 0.25) is 5.91 Å². The Morgan fingerprint density at radius 1 is 1.15 bits per heavy atom. The van der Waals surface area contributed by atoms with Crippen LogP contribution < -0.4 is 5.32 Å². The SMILES string of the molecule is Cc1cc(C)c(NC(=O)CCc2ccccc2)c(Cl)c1. The molecule has 0 radical (unpaired) electrons. The zero-order chi connectivity index (χ0) is 14.5. The van der Waals surface area contributed by atoms with E-state index in [1.807, 2.05) is 56.3 Å². The Hall–Kier alpha value is -1.80. The third-order valence-corrected chi connectivity index (χ3v) is 3.48. The number of aryl methyl sites for hydroxylation is 3. The number of carbonyl (C=O) groups is 1. The van der Waals surface area contributed by atoms with E-state index in [0.717, 1.165) is 28.8 Å². The Morgan fingerprint density at radius 2 is 1.85 bits per heavy atom. The van der Waals surface area contributed by atoms with E-state index in [0.29, 0.717) is 11.4 Å². The number of amides is 1. The molecule has 2 aromatic carbocycles. The van der Waals surface area contributed by atoms with E-state index in [1.54, 1.807) is 0 Å². The highest BCUT2D eigenvalue weighted by Gasteiger charge is 2.09. The molecule has 2 aromatic rings. The average molecular weight is 288 g/mol. The molecule has 0 saturated carbocycles. The maximum atomic E-state index is 12.0. The Bertz CT molecular complexity index is 585. The van der Waals surface area contributed by atoms with Gasteiger partial charge in [-0.1, -0.05) is 48.0 Å². The van der Waals surface area contributed by atoms with Crippen molar-refractivity contribution in [2.75, 3.05) is 5.32 Å². The molecule has 0 fully saturated rings. The fraction of sp³-hybridized carbons (Fsp3) is 0.235. The molecule has 0 atom stereocenters. The number of hydrogen-bond acceptors (Lipinski definition) is 1. The first-order chi connectivity index (χ1) is 9.56. The van der Waals surface area contributed by atoms with Gasteiger partial charge in [0, 0.05) is 6.42 Å². The van der Waals surface area contributed by atoms with Gasteiger partial charge in [-0.25, -0.2) is 0 Å². The summed E-state index contributed by atoms with van der Waals surface area (Å²) in [6, 6.07) is 13.9. The minimum absolute atomic E-state index is 0.0114. The number of hydrogen-bond donors (Lipinski definition) is 1. The number of halogens is 1. The van der Waals surface area contributed by atoms with E-state index in [1.165, 1.54) is 0 Å². The van der Waals surface area contributed by atoms with Crippen LogP contribution in [0.4, 0.5) is 5.69 Å². The average Bonchev–Trinajstić information content (AvgIpc) is 2.42.